The van der Waals surface area contributed by atoms with Gasteiger partial charge in [0.1, 0.15) is 5.75 Å². The molecule has 0 bridgehead atoms. The molecule has 0 heterocycles. The van der Waals surface area contributed by atoms with Gasteiger partial charge >= 0.3 is 0 Å². The minimum absolute atomic E-state index is 0.108. The predicted molar refractivity (Wildman–Crippen MR) is 48.9 cm³/mol. The van der Waals surface area contributed by atoms with Gasteiger partial charge in [0.05, 0.1) is 0 Å². The van der Waals surface area contributed by atoms with E-state index in [1.54, 1.807) is 18.2 Å². The SMILES string of the molecule is CC(NN)c1cc(Cl)ccc1O. The van der Waals surface area contributed by atoms with Crippen molar-refractivity contribution in [2.45, 2.75) is 13.0 Å². The van der Waals surface area contributed by atoms with Crippen LogP contribution in [0.15, 0.2) is 18.2 Å². The second-order valence-electron chi connectivity index (χ2n) is 2.59. The third kappa shape index (κ3) is 1.88. The van der Waals surface area contributed by atoms with Crippen LogP contribution >= 0.6 is 11.6 Å². The Hall–Kier alpha value is -0.770. The summed E-state index contributed by atoms with van der Waals surface area (Å²) in [4.78, 5) is 0. The topological polar surface area (TPSA) is 58.3 Å². The number of aromatic hydroxyl groups is 1. The lowest BCUT2D eigenvalue weighted by molar-refractivity contribution is 0.454. The Kier molecular flexibility index (Phi) is 2.92. The molecule has 1 unspecified atom stereocenters. The first-order chi connectivity index (χ1) is 5.65. The Balaban J connectivity index is 3.04. The zero-order valence-corrected chi connectivity index (χ0v) is 7.47. The molecule has 0 amide bonds. The third-order valence-electron chi connectivity index (χ3n) is 1.71. The number of nitrogens with two attached hydrogens (primary N) is 1. The van der Waals surface area contributed by atoms with E-state index in [1.807, 2.05) is 6.92 Å². The van der Waals surface area contributed by atoms with Crippen LogP contribution in [0.5, 0.6) is 5.75 Å². The van der Waals surface area contributed by atoms with Crippen molar-refractivity contribution in [2.75, 3.05) is 0 Å². The van der Waals surface area contributed by atoms with Crippen LogP contribution in [0.2, 0.25) is 5.02 Å². The van der Waals surface area contributed by atoms with Gasteiger partial charge in [0.25, 0.3) is 0 Å². The van der Waals surface area contributed by atoms with Crippen molar-refractivity contribution < 1.29 is 5.11 Å². The van der Waals surface area contributed by atoms with Crippen LogP contribution in [0.3, 0.4) is 0 Å². The molecule has 3 nitrogen and oxygen atoms in total. The summed E-state index contributed by atoms with van der Waals surface area (Å²) in [5.74, 6) is 5.42. The summed E-state index contributed by atoms with van der Waals surface area (Å²) < 4.78 is 0. The lowest BCUT2D eigenvalue weighted by atomic mass is 10.1. The van der Waals surface area contributed by atoms with Crippen LogP contribution in [0.1, 0.15) is 18.5 Å². The maximum atomic E-state index is 9.38. The number of nitrogens with one attached hydrogen (secondary N) is 1. The van der Waals surface area contributed by atoms with E-state index in [1.165, 1.54) is 0 Å². The largest absolute Gasteiger partial charge is 0.508 e. The Morgan fingerprint density at radius 3 is 2.83 bits per heavy atom. The summed E-state index contributed by atoms with van der Waals surface area (Å²) >= 11 is 5.74. The smallest absolute Gasteiger partial charge is 0.120 e. The van der Waals surface area contributed by atoms with Crippen molar-refractivity contribution >= 4 is 11.6 Å². The molecule has 1 atom stereocenters. The lowest BCUT2D eigenvalue weighted by Crippen LogP contribution is -2.25. The second-order valence-corrected chi connectivity index (χ2v) is 3.03. The van der Waals surface area contributed by atoms with Gasteiger partial charge in [-0.05, 0) is 25.1 Å². The van der Waals surface area contributed by atoms with Gasteiger partial charge in [-0.15, -0.1) is 0 Å². The molecule has 66 valence electrons. The van der Waals surface area contributed by atoms with Gasteiger partial charge in [-0.25, -0.2) is 0 Å². The number of hydrogen-bond acceptors (Lipinski definition) is 3. The zero-order valence-electron chi connectivity index (χ0n) is 6.71. The second kappa shape index (κ2) is 3.76. The Bertz CT molecular complexity index is 278. The molecule has 0 spiro atoms. The van der Waals surface area contributed by atoms with Gasteiger partial charge in [0, 0.05) is 16.6 Å². The highest BCUT2D eigenvalue weighted by molar-refractivity contribution is 6.30. The van der Waals surface area contributed by atoms with Crippen LogP contribution < -0.4 is 11.3 Å². The van der Waals surface area contributed by atoms with E-state index in [9.17, 15) is 5.11 Å². The molecule has 1 aromatic carbocycles. The van der Waals surface area contributed by atoms with Crippen LogP contribution in [-0.2, 0) is 0 Å². The van der Waals surface area contributed by atoms with Crippen molar-refractivity contribution in [3.8, 4) is 5.75 Å². The molecule has 0 aromatic heterocycles. The summed E-state index contributed by atoms with van der Waals surface area (Å²) in [6, 6.07) is 4.75. The molecule has 0 saturated heterocycles. The first-order valence-corrected chi connectivity index (χ1v) is 3.97. The molecule has 1 rings (SSSR count). The highest BCUT2D eigenvalue weighted by Crippen LogP contribution is 2.26. The van der Waals surface area contributed by atoms with E-state index in [-0.39, 0.29) is 11.8 Å². The van der Waals surface area contributed by atoms with Crippen LogP contribution in [-0.4, -0.2) is 5.11 Å². The van der Waals surface area contributed by atoms with E-state index in [4.69, 9.17) is 17.4 Å². The number of rotatable bonds is 2. The van der Waals surface area contributed by atoms with Gasteiger partial charge in [0.2, 0.25) is 0 Å². The molecule has 4 heteroatoms. The number of phenols is 1. The molecule has 0 saturated carbocycles. The normalized spacial score (nSPS) is 12.9. The molecule has 4 N–H and O–H groups in total. The quantitative estimate of drug-likeness (QED) is 0.486. The summed E-state index contributed by atoms with van der Waals surface area (Å²) in [6.45, 7) is 1.84. The van der Waals surface area contributed by atoms with Gasteiger partial charge in [0.15, 0.2) is 0 Å². The number of hydrogen-bond donors (Lipinski definition) is 3. The fourth-order valence-corrected chi connectivity index (χ4v) is 1.14. The lowest BCUT2D eigenvalue weighted by Gasteiger charge is -2.11. The molecule has 0 fully saturated rings. The maximum Gasteiger partial charge on any atom is 0.120 e. The van der Waals surface area contributed by atoms with Crippen LogP contribution in [0, 0.1) is 0 Å². The number of halogens is 1. The minimum Gasteiger partial charge on any atom is -0.508 e. The molecule has 0 aliphatic carbocycles. The molecule has 0 radical (unpaired) electrons. The average molecular weight is 187 g/mol. The average Bonchev–Trinajstić information content (AvgIpc) is 2.08. The van der Waals surface area contributed by atoms with Gasteiger partial charge < -0.3 is 5.11 Å². The first kappa shape index (κ1) is 9.32. The van der Waals surface area contributed by atoms with Crippen LogP contribution in [0.25, 0.3) is 0 Å². The highest BCUT2D eigenvalue weighted by atomic mass is 35.5. The van der Waals surface area contributed by atoms with Crippen molar-refractivity contribution in [2.24, 2.45) is 5.84 Å². The van der Waals surface area contributed by atoms with E-state index in [0.29, 0.717) is 10.6 Å². The van der Waals surface area contributed by atoms with Crippen molar-refractivity contribution in [1.29, 1.82) is 0 Å². The Morgan fingerprint density at radius 1 is 1.58 bits per heavy atom. The van der Waals surface area contributed by atoms with E-state index in [0.717, 1.165) is 0 Å². The van der Waals surface area contributed by atoms with Crippen molar-refractivity contribution in [3.05, 3.63) is 28.8 Å². The standard InChI is InChI=1S/C8H11ClN2O/c1-5(11-10)7-4-6(9)2-3-8(7)12/h2-5,11-12H,10H2,1H3. The molecule has 1 aromatic rings. The fourth-order valence-electron chi connectivity index (χ4n) is 0.962. The zero-order chi connectivity index (χ0) is 9.14. The van der Waals surface area contributed by atoms with Crippen LogP contribution in [0.4, 0.5) is 0 Å². The minimum atomic E-state index is -0.108. The molecule has 0 aliphatic rings. The van der Waals surface area contributed by atoms with Gasteiger partial charge in [-0.2, -0.15) is 0 Å². The molecular weight excluding hydrogens is 176 g/mol. The molecule has 12 heavy (non-hydrogen) atoms. The number of benzene rings is 1. The summed E-state index contributed by atoms with van der Waals surface area (Å²) in [7, 11) is 0. The molecule has 0 aliphatic heterocycles. The van der Waals surface area contributed by atoms with Crippen molar-refractivity contribution in [1.82, 2.24) is 5.43 Å². The third-order valence-corrected chi connectivity index (χ3v) is 1.94. The monoisotopic (exact) mass is 186 g/mol. The van der Waals surface area contributed by atoms with Gasteiger partial charge in [-0.1, -0.05) is 11.6 Å². The highest BCUT2D eigenvalue weighted by Gasteiger charge is 2.08. The van der Waals surface area contributed by atoms with E-state index >= 15 is 0 Å². The summed E-state index contributed by atoms with van der Waals surface area (Å²) in [6.07, 6.45) is 0. The van der Waals surface area contributed by atoms with E-state index < -0.39 is 0 Å². The Labute approximate surface area is 76.1 Å². The number of phenolic OH excluding ortho intramolecular Hbond substituents is 1. The summed E-state index contributed by atoms with van der Waals surface area (Å²) in [5.41, 5.74) is 3.23. The van der Waals surface area contributed by atoms with Gasteiger partial charge in [-0.3, -0.25) is 11.3 Å². The summed E-state index contributed by atoms with van der Waals surface area (Å²) in [5, 5.41) is 9.97. The van der Waals surface area contributed by atoms with E-state index in [2.05, 4.69) is 5.43 Å². The number of hydrazine groups is 1. The predicted octanol–water partition coefficient (Wildman–Crippen LogP) is 1.57. The van der Waals surface area contributed by atoms with Crippen molar-refractivity contribution in [3.63, 3.8) is 0 Å². The Morgan fingerprint density at radius 2 is 2.25 bits per heavy atom. The maximum absolute atomic E-state index is 9.38. The first-order valence-electron chi connectivity index (χ1n) is 3.59. The molecular formula is C8H11ClN2O. The fraction of sp³-hybridized carbons (Fsp3) is 0.250.